The van der Waals surface area contributed by atoms with E-state index in [2.05, 4.69) is 15.9 Å². The van der Waals surface area contributed by atoms with Gasteiger partial charge in [0.15, 0.2) is 0 Å². The molecule has 0 unspecified atom stereocenters. The zero-order valence-electron chi connectivity index (χ0n) is 7.01. The van der Waals surface area contributed by atoms with Gasteiger partial charge in [0.1, 0.15) is 24.0 Å². The maximum Gasteiger partial charge on any atom is 0.272 e. The van der Waals surface area contributed by atoms with E-state index in [0.29, 0.717) is 4.47 Å². The van der Waals surface area contributed by atoms with Gasteiger partial charge in [-0.25, -0.2) is 8.78 Å². The predicted molar refractivity (Wildman–Crippen MR) is 50.4 cm³/mol. The SMILES string of the molecule is N#Cc1c(Br)cccc1OCC(F)F. The molecule has 1 aromatic carbocycles. The van der Waals surface area contributed by atoms with Crippen LogP contribution in [-0.2, 0) is 0 Å². The largest absolute Gasteiger partial charge is 0.486 e. The van der Waals surface area contributed by atoms with Gasteiger partial charge in [0.25, 0.3) is 6.43 Å². The molecule has 0 saturated carbocycles. The van der Waals surface area contributed by atoms with Crippen LogP contribution in [0.1, 0.15) is 5.56 Å². The molecule has 0 amide bonds. The van der Waals surface area contributed by atoms with Crippen LogP contribution in [0.3, 0.4) is 0 Å². The summed E-state index contributed by atoms with van der Waals surface area (Å²) in [5, 5.41) is 8.72. The van der Waals surface area contributed by atoms with Crippen molar-refractivity contribution in [2.45, 2.75) is 6.43 Å². The minimum absolute atomic E-state index is 0.169. The van der Waals surface area contributed by atoms with Crippen LogP contribution in [-0.4, -0.2) is 13.0 Å². The van der Waals surface area contributed by atoms with Gasteiger partial charge in [0.2, 0.25) is 0 Å². The first kappa shape index (κ1) is 10.9. The van der Waals surface area contributed by atoms with Crippen LogP contribution in [0, 0.1) is 11.3 Å². The van der Waals surface area contributed by atoms with Gasteiger partial charge in [-0.1, -0.05) is 6.07 Å². The first-order valence-corrected chi connectivity index (χ1v) is 4.54. The normalized spacial score (nSPS) is 9.93. The monoisotopic (exact) mass is 261 g/mol. The number of rotatable bonds is 3. The second-order valence-electron chi connectivity index (χ2n) is 2.43. The fourth-order valence-corrected chi connectivity index (χ4v) is 1.32. The lowest BCUT2D eigenvalue weighted by Gasteiger charge is -2.07. The first-order valence-electron chi connectivity index (χ1n) is 3.74. The average molecular weight is 262 g/mol. The quantitative estimate of drug-likeness (QED) is 0.838. The number of nitriles is 1. The fourth-order valence-electron chi connectivity index (χ4n) is 0.886. The lowest BCUT2D eigenvalue weighted by Crippen LogP contribution is -2.07. The first-order chi connectivity index (χ1) is 6.65. The molecule has 0 radical (unpaired) electrons. The maximum absolute atomic E-state index is 11.8. The molecule has 0 aliphatic rings. The highest BCUT2D eigenvalue weighted by Gasteiger charge is 2.09. The Labute approximate surface area is 88.2 Å². The summed E-state index contributed by atoms with van der Waals surface area (Å²) in [6.07, 6.45) is -2.54. The number of benzene rings is 1. The maximum atomic E-state index is 11.8. The molecule has 14 heavy (non-hydrogen) atoms. The zero-order valence-corrected chi connectivity index (χ0v) is 8.59. The summed E-state index contributed by atoms with van der Waals surface area (Å²) in [4.78, 5) is 0. The van der Waals surface area contributed by atoms with E-state index in [9.17, 15) is 8.78 Å². The minimum Gasteiger partial charge on any atom is -0.486 e. The fraction of sp³-hybridized carbons (Fsp3) is 0.222. The van der Waals surface area contributed by atoms with Crippen molar-refractivity contribution in [3.8, 4) is 11.8 Å². The molecule has 0 spiro atoms. The summed E-state index contributed by atoms with van der Waals surface area (Å²) >= 11 is 3.12. The Kier molecular flexibility index (Phi) is 3.84. The average Bonchev–Trinajstić information content (AvgIpc) is 2.14. The van der Waals surface area contributed by atoms with Crippen LogP contribution >= 0.6 is 15.9 Å². The van der Waals surface area contributed by atoms with Crippen molar-refractivity contribution in [1.29, 1.82) is 5.26 Å². The Hall–Kier alpha value is -1.15. The summed E-state index contributed by atoms with van der Waals surface area (Å²) in [6.45, 7) is -0.703. The summed E-state index contributed by atoms with van der Waals surface area (Å²) in [6, 6.07) is 6.61. The van der Waals surface area contributed by atoms with Crippen LogP contribution < -0.4 is 4.74 Å². The summed E-state index contributed by atoms with van der Waals surface area (Å²) in [5.41, 5.74) is 0.230. The van der Waals surface area contributed by atoms with Crippen molar-refractivity contribution in [3.05, 3.63) is 28.2 Å². The van der Waals surface area contributed by atoms with E-state index < -0.39 is 13.0 Å². The van der Waals surface area contributed by atoms with Crippen LogP contribution in [0.4, 0.5) is 8.78 Å². The van der Waals surface area contributed by atoms with E-state index in [1.165, 1.54) is 6.07 Å². The summed E-state index contributed by atoms with van der Waals surface area (Å²) < 4.78 is 29.0. The van der Waals surface area contributed by atoms with Crippen molar-refractivity contribution in [3.63, 3.8) is 0 Å². The van der Waals surface area contributed by atoms with Crippen LogP contribution in [0.5, 0.6) is 5.75 Å². The third kappa shape index (κ3) is 2.67. The molecule has 5 heteroatoms. The molecular formula is C9H6BrF2NO. The van der Waals surface area contributed by atoms with Gasteiger partial charge in [0, 0.05) is 4.47 Å². The molecule has 2 nitrogen and oxygen atoms in total. The number of hydrogen-bond donors (Lipinski definition) is 0. The van der Waals surface area contributed by atoms with E-state index in [-0.39, 0.29) is 11.3 Å². The molecule has 1 rings (SSSR count). The zero-order chi connectivity index (χ0) is 10.6. The Morgan fingerprint density at radius 3 is 2.79 bits per heavy atom. The van der Waals surface area contributed by atoms with Crippen LogP contribution in [0.2, 0.25) is 0 Å². The van der Waals surface area contributed by atoms with E-state index in [1.807, 2.05) is 6.07 Å². The van der Waals surface area contributed by atoms with Crippen molar-refractivity contribution < 1.29 is 13.5 Å². The van der Waals surface area contributed by atoms with Crippen LogP contribution in [0.25, 0.3) is 0 Å². The third-order valence-electron chi connectivity index (χ3n) is 1.45. The van der Waals surface area contributed by atoms with Gasteiger partial charge in [-0.2, -0.15) is 5.26 Å². The number of alkyl halides is 2. The lowest BCUT2D eigenvalue weighted by atomic mass is 10.2. The number of hydrogen-bond acceptors (Lipinski definition) is 2. The second kappa shape index (κ2) is 4.91. The summed E-state index contributed by atoms with van der Waals surface area (Å²) in [5.74, 6) is 0.169. The molecule has 0 heterocycles. The molecule has 0 atom stereocenters. The third-order valence-corrected chi connectivity index (χ3v) is 2.11. The van der Waals surface area contributed by atoms with Crippen molar-refractivity contribution in [2.24, 2.45) is 0 Å². The van der Waals surface area contributed by atoms with E-state index in [4.69, 9.17) is 10.00 Å². The van der Waals surface area contributed by atoms with Gasteiger partial charge in [0.05, 0.1) is 0 Å². The Morgan fingerprint density at radius 1 is 1.50 bits per heavy atom. The molecule has 0 N–H and O–H groups in total. The van der Waals surface area contributed by atoms with Gasteiger partial charge >= 0.3 is 0 Å². The summed E-state index contributed by atoms with van der Waals surface area (Å²) in [7, 11) is 0. The van der Waals surface area contributed by atoms with Gasteiger partial charge < -0.3 is 4.74 Å². The molecule has 0 saturated heterocycles. The van der Waals surface area contributed by atoms with E-state index in [0.717, 1.165) is 0 Å². The molecule has 0 aromatic heterocycles. The molecule has 0 fully saturated rings. The lowest BCUT2D eigenvalue weighted by molar-refractivity contribution is 0.0817. The topological polar surface area (TPSA) is 33.0 Å². The molecule has 0 aliphatic heterocycles. The molecule has 0 bridgehead atoms. The molecule has 1 aromatic rings. The standard InChI is InChI=1S/C9H6BrF2NO/c10-7-2-1-3-8(6(7)4-13)14-5-9(11)12/h1-3,9H,5H2. The van der Waals surface area contributed by atoms with Gasteiger partial charge in [-0.15, -0.1) is 0 Å². The Morgan fingerprint density at radius 2 is 2.21 bits per heavy atom. The van der Waals surface area contributed by atoms with E-state index in [1.54, 1.807) is 12.1 Å². The van der Waals surface area contributed by atoms with Crippen LogP contribution in [0.15, 0.2) is 22.7 Å². The van der Waals surface area contributed by atoms with Crippen molar-refractivity contribution >= 4 is 15.9 Å². The predicted octanol–water partition coefficient (Wildman–Crippen LogP) is 2.96. The number of nitrogens with zero attached hydrogens (tertiary/aromatic N) is 1. The number of ether oxygens (including phenoxy) is 1. The Bertz CT molecular complexity index is 362. The minimum atomic E-state index is -2.54. The van der Waals surface area contributed by atoms with Crippen molar-refractivity contribution in [2.75, 3.05) is 6.61 Å². The van der Waals surface area contributed by atoms with Gasteiger partial charge in [-0.05, 0) is 28.1 Å². The number of halogens is 3. The second-order valence-corrected chi connectivity index (χ2v) is 3.28. The molecular weight excluding hydrogens is 256 g/mol. The van der Waals surface area contributed by atoms with E-state index >= 15 is 0 Å². The highest BCUT2D eigenvalue weighted by atomic mass is 79.9. The molecule has 74 valence electrons. The van der Waals surface area contributed by atoms with Gasteiger partial charge in [-0.3, -0.25) is 0 Å². The highest BCUT2D eigenvalue weighted by molar-refractivity contribution is 9.10. The molecule has 0 aliphatic carbocycles. The highest BCUT2D eigenvalue weighted by Crippen LogP contribution is 2.25. The smallest absolute Gasteiger partial charge is 0.272 e. The Balaban J connectivity index is 2.87. The van der Waals surface area contributed by atoms with Crippen molar-refractivity contribution in [1.82, 2.24) is 0 Å².